The first-order valence-corrected chi connectivity index (χ1v) is 9.03. The first-order valence-electron chi connectivity index (χ1n) is 7.55. The summed E-state index contributed by atoms with van der Waals surface area (Å²) in [7, 11) is -5.46. The number of carbonyl (C=O) groups is 2. The molecule has 0 saturated carbocycles. The second-order valence-corrected chi connectivity index (χ2v) is 7.64. The number of carbonyl (C=O) groups excluding carboxylic acids is 2. The van der Waals surface area contributed by atoms with Crippen LogP contribution in [-0.4, -0.2) is 49.8 Å². The van der Waals surface area contributed by atoms with E-state index in [2.05, 4.69) is 5.32 Å². The van der Waals surface area contributed by atoms with Crippen molar-refractivity contribution < 1.29 is 31.2 Å². The molecule has 1 atom stereocenters. The molecular formula is C15H17F3N2O4S. The van der Waals surface area contributed by atoms with E-state index in [-0.39, 0.29) is 11.5 Å². The number of benzene rings is 1. The van der Waals surface area contributed by atoms with Gasteiger partial charge >= 0.3 is 5.51 Å². The fourth-order valence-electron chi connectivity index (χ4n) is 2.47. The van der Waals surface area contributed by atoms with Crippen molar-refractivity contribution in [2.24, 2.45) is 0 Å². The van der Waals surface area contributed by atoms with Crippen LogP contribution in [0.1, 0.15) is 30.1 Å². The number of hydrogen-bond donors (Lipinski definition) is 1. The Labute approximate surface area is 142 Å². The van der Waals surface area contributed by atoms with Gasteiger partial charge in [0.15, 0.2) is 0 Å². The summed E-state index contributed by atoms with van der Waals surface area (Å²) in [5.41, 5.74) is -5.45. The summed E-state index contributed by atoms with van der Waals surface area (Å²) < 4.78 is 60.0. The first kappa shape index (κ1) is 19.2. The van der Waals surface area contributed by atoms with Crippen molar-refractivity contribution in [3.05, 3.63) is 29.8 Å². The number of hydrogen-bond acceptors (Lipinski definition) is 4. The van der Waals surface area contributed by atoms with Crippen LogP contribution in [-0.2, 0) is 14.6 Å². The number of halogens is 3. The Kier molecular flexibility index (Phi) is 5.40. The highest BCUT2D eigenvalue weighted by atomic mass is 32.2. The number of likely N-dealkylation sites (tertiary alicyclic amines) is 1. The Morgan fingerprint density at radius 3 is 2.12 bits per heavy atom. The van der Waals surface area contributed by atoms with Crippen LogP contribution >= 0.6 is 0 Å². The molecule has 0 bridgehead atoms. The zero-order valence-corrected chi connectivity index (χ0v) is 14.2. The van der Waals surface area contributed by atoms with Crippen LogP contribution < -0.4 is 5.32 Å². The lowest BCUT2D eigenvalue weighted by Crippen LogP contribution is -2.45. The molecule has 1 N–H and O–H groups in total. The van der Waals surface area contributed by atoms with Gasteiger partial charge in [-0.05, 0) is 44.0 Å². The molecule has 2 rings (SSSR count). The smallest absolute Gasteiger partial charge is 0.341 e. The van der Waals surface area contributed by atoms with Crippen LogP contribution in [0.15, 0.2) is 29.2 Å². The minimum absolute atomic E-state index is 0.0396. The van der Waals surface area contributed by atoms with Crippen molar-refractivity contribution in [3.8, 4) is 0 Å². The number of nitrogens with zero attached hydrogens (tertiary/aromatic N) is 1. The monoisotopic (exact) mass is 378 g/mol. The van der Waals surface area contributed by atoms with Crippen molar-refractivity contribution in [2.45, 2.75) is 36.2 Å². The van der Waals surface area contributed by atoms with Crippen molar-refractivity contribution in [3.63, 3.8) is 0 Å². The van der Waals surface area contributed by atoms with Crippen LogP contribution in [0.3, 0.4) is 0 Å². The fraction of sp³-hybridized carbons (Fsp3) is 0.467. The zero-order valence-electron chi connectivity index (χ0n) is 13.3. The van der Waals surface area contributed by atoms with Crippen LogP contribution in [0.2, 0.25) is 0 Å². The maximum atomic E-state index is 12.5. The highest BCUT2D eigenvalue weighted by Gasteiger charge is 2.46. The molecular weight excluding hydrogens is 361 g/mol. The Hall–Kier alpha value is -2.10. The largest absolute Gasteiger partial charge is 0.501 e. The standard InChI is InChI=1S/C15H17F3N2O4S/c1-10(14(22)20-8-2-3-9-20)19-13(21)11-4-6-12(7-5-11)25(23,24)15(16,17)18/h4-7,10H,2-3,8-9H2,1H3,(H,19,21). The molecule has 1 aromatic rings. The molecule has 2 amide bonds. The average molecular weight is 378 g/mol. The van der Waals surface area contributed by atoms with Crippen LogP contribution in [0, 0.1) is 0 Å². The third-order valence-electron chi connectivity index (χ3n) is 3.87. The van der Waals surface area contributed by atoms with Crippen LogP contribution in [0.4, 0.5) is 13.2 Å². The molecule has 1 unspecified atom stereocenters. The molecule has 0 radical (unpaired) electrons. The molecule has 1 aliphatic heterocycles. The predicted octanol–water partition coefficient (Wildman–Crippen LogP) is 1.72. The minimum atomic E-state index is -5.46. The highest BCUT2D eigenvalue weighted by Crippen LogP contribution is 2.30. The maximum absolute atomic E-state index is 12.5. The Bertz CT molecular complexity index is 754. The van der Waals surface area contributed by atoms with Crippen LogP contribution in [0.25, 0.3) is 0 Å². The summed E-state index contributed by atoms with van der Waals surface area (Å²) in [6.45, 7) is 2.77. The summed E-state index contributed by atoms with van der Waals surface area (Å²) >= 11 is 0. The molecule has 1 fully saturated rings. The van der Waals surface area contributed by atoms with Gasteiger partial charge in [-0.3, -0.25) is 9.59 Å². The quantitative estimate of drug-likeness (QED) is 0.865. The van der Waals surface area contributed by atoms with Crippen molar-refractivity contribution in [1.82, 2.24) is 10.2 Å². The Morgan fingerprint density at radius 2 is 1.64 bits per heavy atom. The number of alkyl halides is 3. The average Bonchev–Trinajstić information content (AvgIpc) is 3.07. The van der Waals surface area contributed by atoms with E-state index in [0.29, 0.717) is 25.2 Å². The van der Waals surface area contributed by atoms with E-state index in [0.717, 1.165) is 25.0 Å². The zero-order chi connectivity index (χ0) is 18.8. The second kappa shape index (κ2) is 7.03. The van der Waals surface area contributed by atoms with Gasteiger partial charge in [-0.25, -0.2) is 8.42 Å². The molecule has 0 aliphatic carbocycles. The Morgan fingerprint density at radius 1 is 1.12 bits per heavy atom. The highest BCUT2D eigenvalue weighted by molar-refractivity contribution is 7.92. The van der Waals surface area contributed by atoms with Crippen LogP contribution in [0.5, 0.6) is 0 Å². The third-order valence-corrected chi connectivity index (χ3v) is 5.37. The summed E-state index contributed by atoms with van der Waals surface area (Å²) in [6, 6.07) is 2.58. The van der Waals surface area contributed by atoms with E-state index in [1.54, 1.807) is 4.90 Å². The predicted molar refractivity (Wildman–Crippen MR) is 82.4 cm³/mol. The Balaban J connectivity index is 2.06. The summed E-state index contributed by atoms with van der Waals surface area (Å²) in [4.78, 5) is 24.9. The molecule has 1 heterocycles. The number of amides is 2. The molecule has 0 spiro atoms. The number of nitrogens with one attached hydrogen (secondary N) is 1. The lowest BCUT2D eigenvalue weighted by atomic mass is 10.2. The minimum Gasteiger partial charge on any atom is -0.341 e. The van der Waals surface area contributed by atoms with Gasteiger partial charge in [0.05, 0.1) is 4.90 Å². The van der Waals surface area contributed by atoms with E-state index in [9.17, 15) is 31.2 Å². The number of sulfone groups is 1. The van der Waals surface area contributed by atoms with Gasteiger partial charge in [0.25, 0.3) is 15.7 Å². The fourth-order valence-corrected chi connectivity index (χ4v) is 3.23. The van der Waals surface area contributed by atoms with Gasteiger partial charge in [-0.1, -0.05) is 0 Å². The summed E-state index contributed by atoms with van der Waals surface area (Å²) in [6.07, 6.45) is 1.81. The number of rotatable bonds is 4. The first-order chi connectivity index (χ1) is 11.5. The van der Waals surface area contributed by atoms with Gasteiger partial charge in [-0.15, -0.1) is 0 Å². The van der Waals surface area contributed by atoms with E-state index < -0.39 is 32.2 Å². The molecule has 0 aromatic heterocycles. The van der Waals surface area contributed by atoms with Crippen molar-refractivity contribution in [1.29, 1.82) is 0 Å². The molecule has 25 heavy (non-hydrogen) atoms. The normalized spacial score (nSPS) is 16.6. The van der Waals surface area contributed by atoms with Gasteiger partial charge < -0.3 is 10.2 Å². The molecule has 1 aliphatic rings. The topological polar surface area (TPSA) is 83.5 Å². The van der Waals surface area contributed by atoms with E-state index in [1.807, 2.05) is 0 Å². The van der Waals surface area contributed by atoms with Crippen molar-refractivity contribution >= 4 is 21.7 Å². The van der Waals surface area contributed by atoms with E-state index in [1.165, 1.54) is 6.92 Å². The van der Waals surface area contributed by atoms with Gasteiger partial charge in [0.2, 0.25) is 5.91 Å². The molecule has 1 saturated heterocycles. The van der Waals surface area contributed by atoms with Gasteiger partial charge in [-0.2, -0.15) is 13.2 Å². The lowest BCUT2D eigenvalue weighted by Gasteiger charge is -2.21. The maximum Gasteiger partial charge on any atom is 0.501 e. The third kappa shape index (κ3) is 4.12. The molecule has 138 valence electrons. The van der Waals surface area contributed by atoms with E-state index in [4.69, 9.17) is 0 Å². The van der Waals surface area contributed by atoms with E-state index >= 15 is 0 Å². The molecule has 1 aromatic carbocycles. The van der Waals surface area contributed by atoms with Crippen molar-refractivity contribution in [2.75, 3.05) is 13.1 Å². The van der Waals surface area contributed by atoms with Gasteiger partial charge in [0.1, 0.15) is 6.04 Å². The van der Waals surface area contributed by atoms with Gasteiger partial charge in [0, 0.05) is 18.7 Å². The molecule has 10 heteroatoms. The second-order valence-electron chi connectivity index (χ2n) is 5.70. The SMILES string of the molecule is CC(NC(=O)c1ccc(S(=O)(=O)C(F)(F)F)cc1)C(=O)N1CCCC1. The lowest BCUT2D eigenvalue weighted by molar-refractivity contribution is -0.131. The summed E-state index contributed by atoms with van der Waals surface area (Å²) in [5, 5.41) is 2.46. The molecule has 6 nitrogen and oxygen atoms in total. The summed E-state index contributed by atoms with van der Waals surface area (Å²) in [5.74, 6) is -0.905.